The number of para-hydroxylation sites is 1. The predicted octanol–water partition coefficient (Wildman–Crippen LogP) is 5.78. The number of halogens is 3. The number of thioether (sulfide) groups is 1. The van der Waals surface area contributed by atoms with Crippen molar-refractivity contribution < 1.29 is 18.0 Å². The highest BCUT2D eigenvalue weighted by Gasteiger charge is 2.30. The molecule has 0 saturated carbocycles. The van der Waals surface area contributed by atoms with Crippen LogP contribution in [0, 0.1) is 6.92 Å². The van der Waals surface area contributed by atoms with Crippen molar-refractivity contribution >= 4 is 23.4 Å². The van der Waals surface area contributed by atoms with Crippen molar-refractivity contribution in [3.63, 3.8) is 0 Å². The first-order valence-electron chi connectivity index (χ1n) is 10.3. The molecule has 10 heteroatoms. The highest BCUT2D eigenvalue weighted by atomic mass is 32.2. The quantitative estimate of drug-likeness (QED) is 0.352. The third-order valence-electron chi connectivity index (χ3n) is 5.04. The van der Waals surface area contributed by atoms with Crippen LogP contribution in [0.15, 0.2) is 78.2 Å². The highest BCUT2D eigenvalue weighted by molar-refractivity contribution is 8.00. The summed E-state index contributed by atoms with van der Waals surface area (Å²) in [6, 6.07) is 15.9. The fourth-order valence-electron chi connectivity index (χ4n) is 3.29. The lowest BCUT2D eigenvalue weighted by molar-refractivity contribution is -0.137. The molecule has 0 radical (unpaired) electrons. The van der Waals surface area contributed by atoms with Crippen LogP contribution in [0.1, 0.15) is 18.1 Å². The summed E-state index contributed by atoms with van der Waals surface area (Å²) in [5.74, 6) is 0.138. The molecule has 1 N–H and O–H groups in total. The van der Waals surface area contributed by atoms with E-state index in [4.69, 9.17) is 0 Å². The van der Waals surface area contributed by atoms with Gasteiger partial charge in [0.15, 0.2) is 11.0 Å². The first-order valence-corrected chi connectivity index (χ1v) is 11.2. The largest absolute Gasteiger partial charge is 0.416 e. The molecule has 4 aromatic rings. The Labute approximate surface area is 198 Å². The summed E-state index contributed by atoms with van der Waals surface area (Å²) < 4.78 is 40.8. The maximum absolute atomic E-state index is 13.0. The van der Waals surface area contributed by atoms with E-state index < -0.39 is 22.9 Å². The van der Waals surface area contributed by atoms with Gasteiger partial charge in [-0.25, -0.2) is 0 Å². The second-order valence-electron chi connectivity index (χ2n) is 7.49. The number of pyridine rings is 1. The Kier molecular flexibility index (Phi) is 6.69. The second-order valence-corrected chi connectivity index (χ2v) is 8.80. The van der Waals surface area contributed by atoms with E-state index in [0.29, 0.717) is 11.0 Å². The molecule has 0 aliphatic heterocycles. The summed E-state index contributed by atoms with van der Waals surface area (Å²) in [7, 11) is 0. The molecule has 2 aromatic heterocycles. The summed E-state index contributed by atoms with van der Waals surface area (Å²) in [6.07, 6.45) is -1.18. The first-order chi connectivity index (χ1) is 16.2. The van der Waals surface area contributed by atoms with Gasteiger partial charge in [0.1, 0.15) is 0 Å². The number of amides is 1. The second kappa shape index (κ2) is 9.68. The lowest BCUT2D eigenvalue weighted by Gasteiger charge is -2.16. The number of carbonyl (C=O) groups excluding carboxylic acids is 1. The van der Waals surface area contributed by atoms with E-state index in [1.807, 2.05) is 47.9 Å². The van der Waals surface area contributed by atoms with Crippen LogP contribution in [0.2, 0.25) is 0 Å². The number of aryl methyl sites for hydroxylation is 1. The first kappa shape index (κ1) is 23.5. The van der Waals surface area contributed by atoms with Gasteiger partial charge in [-0.2, -0.15) is 13.2 Å². The third-order valence-corrected chi connectivity index (χ3v) is 6.08. The maximum atomic E-state index is 13.0. The Morgan fingerprint density at radius 3 is 2.47 bits per heavy atom. The summed E-state index contributed by atoms with van der Waals surface area (Å²) in [6.45, 7) is 3.63. The average molecular weight is 484 g/mol. The van der Waals surface area contributed by atoms with E-state index in [2.05, 4.69) is 20.5 Å². The van der Waals surface area contributed by atoms with E-state index in [9.17, 15) is 18.0 Å². The number of nitrogens with zero attached hydrogens (tertiary/aromatic N) is 4. The van der Waals surface area contributed by atoms with Crippen LogP contribution < -0.4 is 5.32 Å². The molecular weight excluding hydrogens is 463 g/mol. The van der Waals surface area contributed by atoms with Crippen molar-refractivity contribution in [2.24, 2.45) is 0 Å². The number of aromatic nitrogens is 4. The van der Waals surface area contributed by atoms with Gasteiger partial charge in [0.05, 0.1) is 16.5 Å². The van der Waals surface area contributed by atoms with Gasteiger partial charge in [-0.1, -0.05) is 36.0 Å². The highest BCUT2D eigenvalue weighted by Crippen LogP contribution is 2.33. The molecule has 174 valence electrons. The van der Waals surface area contributed by atoms with Crippen LogP contribution in [-0.2, 0) is 11.0 Å². The Hall–Kier alpha value is -3.66. The van der Waals surface area contributed by atoms with Crippen LogP contribution in [0.25, 0.3) is 17.1 Å². The average Bonchev–Trinajstić information content (AvgIpc) is 3.22. The van der Waals surface area contributed by atoms with Crippen LogP contribution >= 0.6 is 11.8 Å². The van der Waals surface area contributed by atoms with Crippen LogP contribution in [-0.4, -0.2) is 30.9 Å². The number of anilines is 1. The number of benzene rings is 2. The normalized spacial score (nSPS) is 12.4. The minimum Gasteiger partial charge on any atom is -0.325 e. The van der Waals surface area contributed by atoms with E-state index in [1.54, 1.807) is 19.3 Å². The number of hydrogen-bond acceptors (Lipinski definition) is 5. The molecule has 0 bridgehead atoms. The van der Waals surface area contributed by atoms with Gasteiger partial charge in [0, 0.05) is 23.6 Å². The number of rotatable bonds is 6. The van der Waals surface area contributed by atoms with Crippen molar-refractivity contribution in [1.29, 1.82) is 0 Å². The van der Waals surface area contributed by atoms with Crippen molar-refractivity contribution in [2.75, 3.05) is 5.32 Å². The SMILES string of the molecule is Cc1ccccc1-n1c(S[C@@H](C)C(=O)Nc2cccc(C(F)(F)F)c2)nnc1-c1ccncc1. The Morgan fingerprint density at radius 1 is 1.03 bits per heavy atom. The molecule has 34 heavy (non-hydrogen) atoms. The summed E-state index contributed by atoms with van der Waals surface area (Å²) in [4.78, 5) is 16.8. The molecule has 1 atom stereocenters. The van der Waals surface area contributed by atoms with Crippen molar-refractivity contribution in [3.05, 3.63) is 84.2 Å². The van der Waals surface area contributed by atoms with Gasteiger partial charge in [-0.15, -0.1) is 10.2 Å². The fraction of sp³-hybridized carbons (Fsp3) is 0.167. The molecule has 0 spiro atoms. The standard InChI is InChI=1S/C24H20F3N5OS/c1-15-6-3-4-9-20(15)32-21(17-10-12-28-13-11-17)30-31-23(32)34-16(2)22(33)29-19-8-5-7-18(14-19)24(25,26)27/h3-14,16H,1-2H3,(H,29,33)/t16-/m0/s1. The molecule has 4 rings (SSSR count). The smallest absolute Gasteiger partial charge is 0.325 e. The van der Waals surface area contributed by atoms with E-state index >= 15 is 0 Å². The molecule has 2 aromatic carbocycles. The zero-order chi connectivity index (χ0) is 24.3. The topological polar surface area (TPSA) is 72.7 Å². The van der Waals surface area contributed by atoms with Crippen LogP contribution in [0.3, 0.4) is 0 Å². The molecule has 2 heterocycles. The number of alkyl halides is 3. The van der Waals surface area contributed by atoms with Crippen LogP contribution in [0.5, 0.6) is 0 Å². The van der Waals surface area contributed by atoms with Gasteiger partial charge >= 0.3 is 6.18 Å². The number of nitrogens with one attached hydrogen (secondary N) is 1. The van der Waals surface area contributed by atoms with Crippen LogP contribution in [0.4, 0.5) is 18.9 Å². The molecular formula is C24H20F3N5OS. The molecule has 0 fully saturated rings. The molecule has 0 aliphatic carbocycles. The lowest BCUT2D eigenvalue weighted by atomic mass is 10.2. The van der Waals surface area contributed by atoms with Gasteiger partial charge in [0.2, 0.25) is 5.91 Å². The van der Waals surface area contributed by atoms with Crippen molar-refractivity contribution in [3.8, 4) is 17.1 Å². The third kappa shape index (κ3) is 5.12. The zero-order valence-corrected chi connectivity index (χ0v) is 19.1. The maximum Gasteiger partial charge on any atom is 0.416 e. The Bertz CT molecular complexity index is 1310. The van der Waals surface area contributed by atoms with Gasteiger partial charge in [0.25, 0.3) is 0 Å². The molecule has 0 unspecified atom stereocenters. The Morgan fingerprint density at radius 2 is 1.76 bits per heavy atom. The van der Waals surface area contributed by atoms with Crippen molar-refractivity contribution in [2.45, 2.75) is 30.4 Å². The minimum absolute atomic E-state index is 0.0742. The number of carbonyl (C=O) groups is 1. The van der Waals surface area contributed by atoms with Gasteiger partial charge in [-0.3, -0.25) is 14.3 Å². The summed E-state index contributed by atoms with van der Waals surface area (Å²) >= 11 is 1.17. The molecule has 0 saturated heterocycles. The molecule has 0 aliphatic rings. The van der Waals surface area contributed by atoms with Gasteiger partial charge < -0.3 is 5.32 Å². The fourth-order valence-corrected chi connectivity index (χ4v) is 4.15. The van der Waals surface area contributed by atoms with E-state index in [0.717, 1.165) is 28.9 Å². The Balaban J connectivity index is 1.62. The zero-order valence-electron chi connectivity index (χ0n) is 18.2. The molecule has 6 nitrogen and oxygen atoms in total. The number of hydrogen-bond donors (Lipinski definition) is 1. The van der Waals surface area contributed by atoms with Gasteiger partial charge in [-0.05, 0) is 55.8 Å². The predicted molar refractivity (Wildman–Crippen MR) is 125 cm³/mol. The van der Waals surface area contributed by atoms with E-state index in [-0.39, 0.29) is 5.69 Å². The monoisotopic (exact) mass is 483 g/mol. The minimum atomic E-state index is -4.49. The summed E-state index contributed by atoms with van der Waals surface area (Å²) in [5, 5.41) is 11.0. The molecule has 1 amide bonds. The van der Waals surface area contributed by atoms with Crippen molar-refractivity contribution in [1.82, 2.24) is 19.7 Å². The lowest BCUT2D eigenvalue weighted by Crippen LogP contribution is -2.23. The summed E-state index contributed by atoms with van der Waals surface area (Å²) in [5.41, 5.74) is 1.89. The van der Waals surface area contributed by atoms with E-state index in [1.165, 1.54) is 23.9 Å².